The summed E-state index contributed by atoms with van der Waals surface area (Å²) in [7, 11) is 0. The van der Waals surface area contributed by atoms with Gasteiger partial charge in [0.25, 0.3) is 0 Å². The maximum Gasteiger partial charge on any atom is 0.420 e. The van der Waals surface area contributed by atoms with Crippen molar-refractivity contribution in [3.05, 3.63) is 0 Å². The van der Waals surface area contributed by atoms with Gasteiger partial charge in [-0.3, -0.25) is 0 Å². The van der Waals surface area contributed by atoms with E-state index in [1.807, 2.05) is 0 Å². The average Bonchev–Trinajstić information content (AvgIpc) is 2.39. The Bertz CT molecular complexity index is 539. The van der Waals surface area contributed by atoms with E-state index in [0.29, 0.717) is 4.90 Å². The predicted molar refractivity (Wildman–Crippen MR) is 105 cm³/mol. The third-order valence-corrected chi connectivity index (χ3v) is 3.31. The summed E-state index contributed by atoms with van der Waals surface area (Å²) in [6, 6.07) is 0. The quantitative estimate of drug-likeness (QED) is 0.546. The first kappa shape index (κ1) is 26.2. The van der Waals surface area contributed by atoms with Crippen LogP contribution in [0.5, 0.6) is 0 Å². The Morgan fingerprint density at radius 1 is 0.714 bits per heavy atom. The highest BCUT2D eigenvalue weighted by atomic mass is 16.6. The van der Waals surface area contributed by atoms with E-state index in [2.05, 4.69) is 0 Å². The summed E-state index contributed by atoms with van der Waals surface area (Å²) < 4.78 is 16.2. The van der Waals surface area contributed by atoms with E-state index in [9.17, 15) is 19.5 Å². The number of ether oxygens (including phenoxy) is 3. The molecular formula is C20H37NO7. The average molecular weight is 404 g/mol. The van der Waals surface area contributed by atoms with E-state index in [1.165, 1.54) is 6.92 Å². The van der Waals surface area contributed by atoms with Crippen LogP contribution in [-0.4, -0.2) is 57.1 Å². The SMILES string of the molecule is CC(C)(C)OC(=O)N(C(=O)OC(C)(C)C)C(C)(CCCO)C(=O)OC(C)(C)C. The van der Waals surface area contributed by atoms with Crippen LogP contribution in [0, 0.1) is 0 Å². The second-order valence-electron chi connectivity index (χ2n) is 9.90. The smallest absolute Gasteiger partial charge is 0.420 e. The largest absolute Gasteiger partial charge is 0.458 e. The minimum Gasteiger partial charge on any atom is -0.458 e. The number of aliphatic hydroxyl groups excluding tert-OH is 1. The number of aliphatic hydroxyl groups is 1. The molecule has 0 spiro atoms. The lowest BCUT2D eigenvalue weighted by Crippen LogP contribution is -2.60. The number of hydrogen-bond donors (Lipinski definition) is 1. The van der Waals surface area contributed by atoms with Gasteiger partial charge < -0.3 is 19.3 Å². The zero-order chi connectivity index (χ0) is 22.6. The Kier molecular flexibility index (Phi) is 8.52. The molecule has 0 bridgehead atoms. The van der Waals surface area contributed by atoms with Crippen LogP contribution in [0.3, 0.4) is 0 Å². The van der Waals surface area contributed by atoms with Crippen LogP contribution in [-0.2, 0) is 19.0 Å². The van der Waals surface area contributed by atoms with Crippen molar-refractivity contribution < 1.29 is 33.7 Å². The standard InChI is InChI=1S/C20H37NO7/c1-17(2,3)26-14(23)20(10,12-11-13-22)21(15(24)27-18(4,5)6)16(25)28-19(7,8)9/h22H,11-13H2,1-10H3. The highest BCUT2D eigenvalue weighted by Crippen LogP contribution is 2.29. The molecule has 8 heteroatoms. The fourth-order valence-electron chi connectivity index (χ4n) is 2.21. The molecule has 28 heavy (non-hydrogen) atoms. The van der Waals surface area contributed by atoms with Gasteiger partial charge >= 0.3 is 18.2 Å². The molecular weight excluding hydrogens is 366 g/mol. The molecule has 164 valence electrons. The van der Waals surface area contributed by atoms with Crippen LogP contribution < -0.4 is 0 Å². The maximum absolute atomic E-state index is 13.0. The third-order valence-electron chi connectivity index (χ3n) is 3.31. The van der Waals surface area contributed by atoms with E-state index in [4.69, 9.17) is 14.2 Å². The van der Waals surface area contributed by atoms with Gasteiger partial charge in [0.2, 0.25) is 0 Å². The number of nitrogens with zero attached hydrogens (tertiary/aromatic N) is 1. The van der Waals surface area contributed by atoms with Crippen molar-refractivity contribution in [2.24, 2.45) is 0 Å². The highest BCUT2D eigenvalue weighted by molar-refractivity contribution is 5.96. The van der Waals surface area contributed by atoms with Crippen LogP contribution in [0.1, 0.15) is 82.1 Å². The van der Waals surface area contributed by atoms with Crippen molar-refractivity contribution in [2.75, 3.05) is 6.61 Å². The van der Waals surface area contributed by atoms with Crippen LogP contribution in [0.2, 0.25) is 0 Å². The minimum absolute atomic E-state index is 0.0170. The zero-order valence-corrected chi connectivity index (χ0v) is 19.0. The van der Waals surface area contributed by atoms with Crippen molar-refractivity contribution in [1.82, 2.24) is 4.90 Å². The molecule has 1 N–H and O–H groups in total. The molecule has 0 aliphatic rings. The number of carbonyl (C=O) groups is 3. The molecule has 2 amide bonds. The first-order chi connectivity index (χ1) is 12.3. The summed E-state index contributed by atoms with van der Waals surface area (Å²) >= 11 is 0. The molecule has 1 unspecified atom stereocenters. The molecule has 0 aromatic rings. The lowest BCUT2D eigenvalue weighted by molar-refractivity contribution is -0.168. The summed E-state index contributed by atoms with van der Waals surface area (Å²) in [6.07, 6.45) is -1.89. The van der Waals surface area contributed by atoms with Crippen LogP contribution in [0.25, 0.3) is 0 Å². The molecule has 1 atom stereocenters. The summed E-state index contributed by atoms with van der Waals surface area (Å²) in [5.41, 5.74) is -4.36. The summed E-state index contributed by atoms with van der Waals surface area (Å²) in [6.45, 7) is 16.1. The van der Waals surface area contributed by atoms with Crippen LogP contribution >= 0.6 is 0 Å². The van der Waals surface area contributed by atoms with Gasteiger partial charge in [-0.15, -0.1) is 0 Å². The molecule has 0 saturated heterocycles. The number of esters is 1. The topological polar surface area (TPSA) is 102 Å². The Balaban J connectivity index is 6.23. The van der Waals surface area contributed by atoms with Crippen LogP contribution in [0.4, 0.5) is 9.59 Å². The Morgan fingerprint density at radius 3 is 1.36 bits per heavy atom. The van der Waals surface area contributed by atoms with E-state index in [0.717, 1.165) is 0 Å². The van der Waals surface area contributed by atoms with E-state index in [1.54, 1.807) is 62.3 Å². The van der Waals surface area contributed by atoms with Crippen molar-refractivity contribution in [3.63, 3.8) is 0 Å². The molecule has 0 heterocycles. The third kappa shape index (κ3) is 8.91. The van der Waals surface area contributed by atoms with Crippen LogP contribution in [0.15, 0.2) is 0 Å². The number of carbonyl (C=O) groups excluding carboxylic acids is 3. The Morgan fingerprint density at radius 2 is 1.07 bits per heavy atom. The van der Waals surface area contributed by atoms with Gasteiger partial charge in [-0.1, -0.05) is 0 Å². The second-order valence-corrected chi connectivity index (χ2v) is 9.90. The normalized spacial score (nSPS) is 14.7. The van der Waals surface area contributed by atoms with Gasteiger partial charge in [0.1, 0.15) is 16.8 Å². The highest BCUT2D eigenvalue weighted by Gasteiger charge is 2.51. The lowest BCUT2D eigenvalue weighted by Gasteiger charge is -2.40. The Labute approximate surface area is 168 Å². The first-order valence-electron chi connectivity index (χ1n) is 9.43. The Hall–Kier alpha value is -1.83. The summed E-state index contributed by atoms with van der Waals surface area (Å²) in [5, 5.41) is 9.27. The fourth-order valence-corrected chi connectivity index (χ4v) is 2.21. The summed E-state index contributed by atoms with van der Waals surface area (Å²) in [5.74, 6) is -0.787. The summed E-state index contributed by atoms with van der Waals surface area (Å²) in [4.78, 5) is 39.5. The van der Waals surface area contributed by atoms with Gasteiger partial charge in [-0.25, -0.2) is 14.4 Å². The number of amides is 2. The second kappa shape index (κ2) is 9.11. The van der Waals surface area contributed by atoms with Gasteiger partial charge in [0, 0.05) is 6.61 Å². The van der Waals surface area contributed by atoms with Gasteiger partial charge in [0.15, 0.2) is 5.54 Å². The number of hydrogen-bond acceptors (Lipinski definition) is 7. The maximum atomic E-state index is 13.0. The molecule has 0 radical (unpaired) electrons. The van der Waals surface area contributed by atoms with E-state index in [-0.39, 0.29) is 19.4 Å². The lowest BCUT2D eigenvalue weighted by atomic mass is 9.93. The molecule has 0 saturated carbocycles. The zero-order valence-electron chi connectivity index (χ0n) is 19.0. The minimum atomic E-state index is -1.72. The number of rotatable bonds is 5. The molecule has 0 aromatic heterocycles. The molecule has 0 rings (SSSR count). The monoisotopic (exact) mass is 403 g/mol. The van der Waals surface area contributed by atoms with Crippen molar-refractivity contribution in [1.29, 1.82) is 0 Å². The van der Waals surface area contributed by atoms with Crippen molar-refractivity contribution in [2.45, 2.75) is 104 Å². The van der Waals surface area contributed by atoms with Gasteiger partial charge in [-0.05, 0) is 82.1 Å². The van der Waals surface area contributed by atoms with E-state index >= 15 is 0 Å². The number of imide groups is 1. The fraction of sp³-hybridized carbons (Fsp3) is 0.850. The predicted octanol–water partition coefficient (Wildman–Crippen LogP) is 4.03. The molecule has 0 aliphatic heterocycles. The molecule has 0 fully saturated rings. The van der Waals surface area contributed by atoms with Crippen molar-refractivity contribution >= 4 is 18.2 Å². The molecule has 0 aromatic carbocycles. The molecule has 8 nitrogen and oxygen atoms in total. The van der Waals surface area contributed by atoms with Gasteiger partial charge in [-0.2, -0.15) is 4.90 Å². The first-order valence-corrected chi connectivity index (χ1v) is 9.43. The van der Waals surface area contributed by atoms with E-state index < -0.39 is 40.5 Å². The molecule has 0 aliphatic carbocycles. The van der Waals surface area contributed by atoms with Gasteiger partial charge in [0.05, 0.1) is 0 Å². The van der Waals surface area contributed by atoms with Crippen molar-refractivity contribution in [3.8, 4) is 0 Å².